The molecule has 0 fully saturated rings. The maximum atomic E-state index is 7.69. The van der Waals surface area contributed by atoms with E-state index in [1.807, 2.05) is 30.3 Å². The first-order chi connectivity index (χ1) is 8.74. The normalized spacial score (nSPS) is 10.3. The highest BCUT2D eigenvalue weighted by molar-refractivity contribution is 5.98. The number of hydrogen-bond donors (Lipinski definition) is 2. The third-order valence-electron chi connectivity index (χ3n) is 3.05. The van der Waals surface area contributed by atoms with Gasteiger partial charge in [-0.25, -0.2) is 0 Å². The van der Waals surface area contributed by atoms with Crippen LogP contribution in [0.2, 0.25) is 0 Å². The fourth-order valence-electron chi connectivity index (χ4n) is 2.25. The predicted octanol–water partition coefficient (Wildman–Crippen LogP) is 3.59. The van der Waals surface area contributed by atoms with Gasteiger partial charge in [-0.3, -0.25) is 5.41 Å². The second-order valence-corrected chi connectivity index (χ2v) is 4.36. The number of amidine groups is 1. The molecule has 0 unspecified atom stereocenters. The highest BCUT2D eigenvalue weighted by Crippen LogP contribution is 2.27. The van der Waals surface area contributed by atoms with Crippen molar-refractivity contribution in [2.45, 2.75) is 19.8 Å². The first-order valence-electron chi connectivity index (χ1n) is 6.25. The van der Waals surface area contributed by atoms with Gasteiger partial charge in [-0.1, -0.05) is 61.9 Å². The molecule has 2 rings (SSSR count). The molecule has 0 aromatic heterocycles. The lowest BCUT2D eigenvalue weighted by atomic mass is 9.92. The molecule has 2 aromatic rings. The van der Waals surface area contributed by atoms with Crippen LogP contribution in [0.3, 0.4) is 0 Å². The SMILES string of the molecule is CCCc1c(C(=N)N)cccc1-c1ccccc1. The average molecular weight is 238 g/mol. The summed E-state index contributed by atoms with van der Waals surface area (Å²) >= 11 is 0. The van der Waals surface area contributed by atoms with E-state index in [1.54, 1.807) is 0 Å². The van der Waals surface area contributed by atoms with Crippen molar-refractivity contribution in [3.05, 3.63) is 59.7 Å². The Labute approximate surface area is 108 Å². The average Bonchev–Trinajstić information content (AvgIpc) is 2.40. The lowest BCUT2D eigenvalue weighted by Gasteiger charge is -2.13. The number of nitrogens with two attached hydrogens (primary N) is 1. The number of hydrogen-bond acceptors (Lipinski definition) is 1. The van der Waals surface area contributed by atoms with Crippen molar-refractivity contribution in [2.75, 3.05) is 0 Å². The van der Waals surface area contributed by atoms with Gasteiger partial charge in [0.25, 0.3) is 0 Å². The molecule has 3 N–H and O–H groups in total. The maximum Gasteiger partial charge on any atom is 0.123 e. The van der Waals surface area contributed by atoms with Crippen LogP contribution < -0.4 is 5.73 Å². The van der Waals surface area contributed by atoms with E-state index in [1.165, 1.54) is 16.7 Å². The minimum atomic E-state index is 0.149. The monoisotopic (exact) mass is 238 g/mol. The Hall–Kier alpha value is -2.09. The first kappa shape index (κ1) is 12.4. The molecule has 0 amide bonds. The minimum Gasteiger partial charge on any atom is -0.384 e. The summed E-state index contributed by atoms with van der Waals surface area (Å²) in [5, 5.41) is 7.69. The van der Waals surface area contributed by atoms with Crippen LogP contribution in [-0.2, 0) is 6.42 Å². The highest BCUT2D eigenvalue weighted by Gasteiger charge is 2.10. The van der Waals surface area contributed by atoms with Gasteiger partial charge in [-0.15, -0.1) is 0 Å². The van der Waals surface area contributed by atoms with Crippen molar-refractivity contribution in [2.24, 2.45) is 5.73 Å². The van der Waals surface area contributed by atoms with Crippen molar-refractivity contribution in [1.82, 2.24) is 0 Å². The molecule has 0 aliphatic rings. The zero-order valence-electron chi connectivity index (χ0n) is 10.6. The standard InChI is InChI=1S/C16H18N2/c1-2-7-14-13(12-8-4-3-5-9-12)10-6-11-15(14)16(17)18/h3-6,8-11H,2,7H2,1H3,(H3,17,18). The van der Waals surface area contributed by atoms with E-state index in [0.29, 0.717) is 0 Å². The second-order valence-electron chi connectivity index (χ2n) is 4.36. The van der Waals surface area contributed by atoms with Gasteiger partial charge in [0, 0.05) is 5.56 Å². The van der Waals surface area contributed by atoms with Crippen molar-refractivity contribution in [1.29, 1.82) is 5.41 Å². The molecule has 0 saturated carbocycles. The van der Waals surface area contributed by atoms with Gasteiger partial charge >= 0.3 is 0 Å². The summed E-state index contributed by atoms with van der Waals surface area (Å²) in [4.78, 5) is 0. The molecule has 2 aromatic carbocycles. The van der Waals surface area contributed by atoms with Gasteiger partial charge in [-0.05, 0) is 23.1 Å². The molecule has 0 radical (unpaired) electrons. The summed E-state index contributed by atoms with van der Waals surface area (Å²) in [5.41, 5.74) is 10.1. The molecule has 0 aliphatic carbocycles. The van der Waals surface area contributed by atoms with Crippen LogP contribution in [0.5, 0.6) is 0 Å². The van der Waals surface area contributed by atoms with Crippen molar-refractivity contribution < 1.29 is 0 Å². The molecule has 18 heavy (non-hydrogen) atoms. The third-order valence-corrected chi connectivity index (χ3v) is 3.05. The van der Waals surface area contributed by atoms with Crippen molar-refractivity contribution in [3.63, 3.8) is 0 Å². The van der Waals surface area contributed by atoms with Gasteiger partial charge in [-0.2, -0.15) is 0 Å². The predicted molar refractivity (Wildman–Crippen MR) is 76.9 cm³/mol. The first-order valence-corrected chi connectivity index (χ1v) is 6.25. The smallest absolute Gasteiger partial charge is 0.123 e. The van der Waals surface area contributed by atoms with Crippen molar-refractivity contribution in [3.8, 4) is 11.1 Å². The molecular weight excluding hydrogens is 220 g/mol. The van der Waals surface area contributed by atoms with Gasteiger partial charge < -0.3 is 5.73 Å². The van der Waals surface area contributed by atoms with Crippen LogP contribution in [-0.4, -0.2) is 5.84 Å². The maximum absolute atomic E-state index is 7.69. The molecule has 0 atom stereocenters. The summed E-state index contributed by atoms with van der Waals surface area (Å²) in [6.07, 6.45) is 1.99. The zero-order chi connectivity index (χ0) is 13.0. The molecule has 2 nitrogen and oxygen atoms in total. The van der Waals surface area contributed by atoms with Gasteiger partial charge in [0.05, 0.1) is 0 Å². The van der Waals surface area contributed by atoms with Crippen LogP contribution in [0.25, 0.3) is 11.1 Å². The number of nitrogens with one attached hydrogen (secondary N) is 1. The fourth-order valence-corrected chi connectivity index (χ4v) is 2.25. The van der Waals surface area contributed by atoms with E-state index >= 15 is 0 Å². The van der Waals surface area contributed by atoms with Crippen LogP contribution >= 0.6 is 0 Å². The Morgan fingerprint density at radius 3 is 2.39 bits per heavy atom. The molecule has 0 bridgehead atoms. The molecule has 0 spiro atoms. The van der Waals surface area contributed by atoms with Gasteiger partial charge in [0.1, 0.15) is 5.84 Å². The minimum absolute atomic E-state index is 0.149. The Morgan fingerprint density at radius 1 is 1.06 bits per heavy atom. The van der Waals surface area contributed by atoms with E-state index in [9.17, 15) is 0 Å². The lowest BCUT2D eigenvalue weighted by molar-refractivity contribution is 0.920. The topological polar surface area (TPSA) is 49.9 Å². The largest absolute Gasteiger partial charge is 0.384 e. The second kappa shape index (κ2) is 5.50. The van der Waals surface area contributed by atoms with E-state index in [2.05, 4.69) is 25.1 Å². The summed E-state index contributed by atoms with van der Waals surface area (Å²) in [6, 6.07) is 16.3. The Kier molecular flexibility index (Phi) is 3.78. The summed E-state index contributed by atoms with van der Waals surface area (Å²) in [5.74, 6) is 0.149. The van der Waals surface area contributed by atoms with Crippen LogP contribution in [0.4, 0.5) is 0 Å². The van der Waals surface area contributed by atoms with E-state index in [0.717, 1.165) is 18.4 Å². The number of benzene rings is 2. The molecule has 0 heterocycles. The molecule has 0 aliphatic heterocycles. The summed E-state index contributed by atoms with van der Waals surface area (Å²) in [7, 11) is 0. The summed E-state index contributed by atoms with van der Waals surface area (Å²) in [6.45, 7) is 2.14. The number of rotatable bonds is 4. The molecule has 0 saturated heterocycles. The van der Waals surface area contributed by atoms with Crippen LogP contribution in [0, 0.1) is 5.41 Å². The molecule has 92 valence electrons. The van der Waals surface area contributed by atoms with E-state index in [-0.39, 0.29) is 5.84 Å². The van der Waals surface area contributed by atoms with E-state index < -0.39 is 0 Å². The zero-order valence-corrected chi connectivity index (χ0v) is 10.6. The molecular formula is C16H18N2. The van der Waals surface area contributed by atoms with Crippen LogP contribution in [0.15, 0.2) is 48.5 Å². The fraction of sp³-hybridized carbons (Fsp3) is 0.188. The van der Waals surface area contributed by atoms with Crippen LogP contribution in [0.1, 0.15) is 24.5 Å². The molecule has 2 heteroatoms. The van der Waals surface area contributed by atoms with E-state index in [4.69, 9.17) is 11.1 Å². The third kappa shape index (κ3) is 2.43. The quantitative estimate of drug-likeness (QED) is 0.620. The Morgan fingerprint density at radius 2 is 1.78 bits per heavy atom. The summed E-state index contributed by atoms with van der Waals surface area (Å²) < 4.78 is 0. The Bertz CT molecular complexity index is 544. The lowest BCUT2D eigenvalue weighted by Crippen LogP contribution is -2.14. The Balaban J connectivity index is 2.60. The van der Waals surface area contributed by atoms with Crippen molar-refractivity contribution >= 4 is 5.84 Å². The number of nitrogen functional groups attached to an aromatic ring is 1. The van der Waals surface area contributed by atoms with Gasteiger partial charge in [0.15, 0.2) is 0 Å². The highest BCUT2D eigenvalue weighted by atomic mass is 14.7. The van der Waals surface area contributed by atoms with Gasteiger partial charge in [0.2, 0.25) is 0 Å².